The van der Waals surface area contributed by atoms with Crippen LogP contribution in [0.4, 0.5) is 0 Å². The summed E-state index contributed by atoms with van der Waals surface area (Å²) in [4.78, 5) is 14.8. The zero-order valence-corrected chi connectivity index (χ0v) is 16.7. The highest BCUT2D eigenvalue weighted by Gasteiger charge is 2.26. The van der Waals surface area contributed by atoms with E-state index in [9.17, 15) is 4.79 Å². The number of hydrogen-bond donors (Lipinski definition) is 1. The molecule has 0 radical (unpaired) electrons. The summed E-state index contributed by atoms with van der Waals surface area (Å²) in [5, 5.41) is 7.96. The van der Waals surface area contributed by atoms with Crippen molar-refractivity contribution >= 4 is 17.5 Å². The van der Waals surface area contributed by atoms with Gasteiger partial charge in [-0.1, -0.05) is 35.0 Å². The number of piperidine rings is 1. The maximum Gasteiger partial charge on any atom is 0.290 e. The van der Waals surface area contributed by atoms with E-state index in [-0.39, 0.29) is 11.9 Å². The standard InChI is InChI=1S/C21H26ClN3O3/c22-18-6-2-1-4-16(18)13-25-9-7-15(8-10-25)19-12-20(28-24-19)21(26)23-17-5-3-11-27-14-17/h1-2,4,6,12,15,17H,3,5,7-11,13-14H2,(H,23,26)/t17-/m1/s1. The monoisotopic (exact) mass is 403 g/mol. The number of likely N-dealkylation sites (tertiary alicyclic amines) is 1. The largest absolute Gasteiger partial charge is 0.379 e. The smallest absolute Gasteiger partial charge is 0.290 e. The van der Waals surface area contributed by atoms with Crippen LogP contribution in [0.3, 0.4) is 0 Å². The topological polar surface area (TPSA) is 67.6 Å². The molecule has 0 spiro atoms. The van der Waals surface area contributed by atoms with Crippen LogP contribution in [0.25, 0.3) is 0 Å². The second kappa shape index (κ2) is 9.07. The lowest BCUT2D eigenvalue weighted by atomic mass is 9.93. The van der Waals surface area contributed by atoms with Crippen LogP contribution in [-0.2, 0) is 11.3 Å². The molecule has 3 heterocycles. The summed E-state index contributed by atoms with van der Waals surface area (Å²) in [6, 6.07) is 9.85. The van der Waals surface area contributed by atoms with Crippen molar-refractivity contribution in [2.45, 2.75) is 44.2 Å². The van der Waals surface area contributed by atoms with Crippen molar-refractivity contribution < 1.29 is 14.1 Å². The van der Waals surface area contributed by atoms with Crippen LogP contribution in [0.5, 0.6) is 0 Å². The summed E-state index contributed by atoms with van der Waals surface area (Å²) in [5.74, 6) is 0.412. The SMILES string of the molecule is O=C(N[C@@H]1CCCOC1)c1cc(C2CCN(Cc3ccccc3Cl)CC2)no1. The van der Waals surface area contributed by atoms with Gasteiger partial charge in [0.1, 0.15) is 0 Å². The molecule has 0 saturated carbocycles. The predicted octanol–water partition coefficient (Wildman–Crippen LogP) is 3.62. The Hall–Kier alpha value is -1.89. The Morgan fingerprint density at radius 3 is 2.82 bits per heavy atom. The molecule has 2 saturated heterocycles. The molecule has 0 bridgehead atoms. The first-order valence-corrected chi connectivity index (χ1v) is 10.4. The zero-order chi connectivity index (χ0) is 19.3. The summed E-state index contributed by atoms with van der Waals surface area (Å²) in [5.41, 5.74) is 2.04. The van der Waals surface area contributed by atoms with Gasteiger partial charge >= 0.3 is 0 Å². The van der Waals surface area contributed by atoms with Gasteiger partial charge in [0.15, 0.2) is 0 Å². The zero-order valence-electron chi connectivity index (χ0n) is 15.9. The van der Waals surface area contributed by atoms with Gasteiger partial charge < -0.3 is 14.6 Å². The van der Waals surface area contributed by atoms with Gasteiger partial charge in [-0.2, -0.15) is 0 Å². The number of nitrogens with one attached hydrogen (secondary N) is 1. The van der Waals surface area contributed by atoms with Crippen LogP contribution >= 0.6 is 11.6 Å². The molecule has 28 heavy (non-hydrogen) atoms. The van der Waals surface area contributed by atoms with E-state index in [1.807, 2.05) is 18.2 Å². The third-order valence-corrected chi connectivity index (χ3v) is 5.97. The highest BCUT2D eigenvalue weighted by molar-refractivity contribution is 6.31. The summed E-state index contributed by atoms with van der Waals surface area (Å²) in [7, 11) is 0. The number of benzene rings is 1. The normalized spacial score (nSPS) is 21.5. The quantitative estimate of drug-likeness (QED) is 0.825. The Kier molecular flexibility index (Phi) is 6.29. The Balaban J connectivity index is 1.29. The maximum atomic E-state index is 12.4. The lowest BCUT2D eigenvalue weighted by Gasteiger charge is -2.31. The fraction of sp³-hybridized carbons (Fsp3) is 0.524. The Labute approximate surface area is 170 Å². The van der Waals surface area contributed by atoms with Crippen LogP contribution in [0.1, 0.15) is 53.4 Å². The number of rotatable bonds is 5. The lowest BCUT2D eigenvalue weighted by Crippen LogP contribution is -2.40. The van der Waals surface area contributed by atoms with Crippen LogP contribution < -0.4 is 5.32 Å². The van der Waals surface area contributed by atoms with Crippen LogP contribution in [0, 0.1) is 0 Å². The molecular formula is C21H26ClN3O3. The summed E-state index contributed by atoms with van der Waals surface area (Å²) < 4.78 is 10.7. The molecule has 1 atom stereocenters. The minimum absolute atomic E-state index is 0.0582. The molecule has 7 heteroatoms. The van der Waals surface area contributed by atoms with Crippen LogP contribution in [0.15, 0.2) is 34.9 Å². The van der Waals surface area contributed by atoms with Gasteiger partial charge in [-0.3, -0.25) is 9.69 Å². The third kappa shape index (κ3) is 4.74. The minimum Gasteiger partial charge on any atom is -0.379 e. The van der Waals surface area contributed by atoms with Gasteiger partial charge in [0.05, 0.1) is 18.3 Å². The van der Waals surface area contributed by atoms with Crippen molar-refractivity contribution in [3.63, 3.8) is 0 Å². The van der Waals surface area contributed by atoms with E-state index < -0.39 is 0 Å². The van der Waals surface area contributed by atoms with Gasteiger partial charge in [0.2, 0.25) is 5.76 Å². The second-order valence-electron chi connectivity index (χ2n) is 7.65. The maximum absolute atomic E-state index is 12.4. The van der Waals surface area contributed by atoms with Gasteiger partial charge in [0, 0.05) is 30.2 Å². The molecule has 4 rings (SSSR count). The van der Waals surface area contributed by atoms with E-state index in [4.69, 9.17) is 20.9 Å². The summed E-state index contributed by atoms with van der Waals surface area (Å²) >= 11 is 6.28. The molecule has 0 aliphatic carbocycles. The highest BCUT2D eigenvalue weighted by atomic mass is 35.5. The van der Waals surface area contributed by atoms with Crippen LogP contribution in [0.2, 0.25) is 5.02 Å². The molecule has 2 aromatic rings. The van der Waals surface area contributed by atoms with Gasteiger partial charge in [-0.15, -0.1) is 0 Å². The molecule has 6 nitrogen and oxygen atoms in total. The first-order chi connectivity index (χ1) is 13.7. The first-order valence-electron chi connectivity index (χ1n) is 10.00. The Morgan fingerprint density at radius 1 is 1.25 bits per heavy atom. The number of ether oxygens (including phenoxy) is 1. The molecule has 0 unspecified atom stereocenters. The van der Waals surface area contributed by atoms with Crippen LogP contribution in [-0.4, -0.2) is 48.3 Å². The van der Waals surface area contributed by atoms with E-state index in [2.05, 4.69) is 21.4 Å². The van der Waals surface area contributed by atoms with Crippen molar-refractivity contribution in [1.29, 1.82) is 0 Å². The number of halogens is 1. The minimum atomic E-state index is -0.203. The average Bonchev–Trinajstić information content (AvgIpc) is 3.22. The second-order valence-corrected chi connectivity index (χ2v) is 8.05. The molecule has 2 aliphatic heterocycles. The van der Waals surface area contributed by atoms with Gasteiger partial charge in [-0.05, 0) is 50.4 Å². The van der Waals surface area contributed by atoms with E-state index in [0.29, 0.717) is 18.3 Å². The molecule has 1 N–H and O–H groups in total. The lowest BCUT2D eigenvalue weighted by molar-refractivity contribution is 0.0608. The number of hydrogen-bond acceptors (Lipinski definition) is 5. The molecule has 1 aromatic heterocycles. The molecule has 1 aromatic carbocycles. The average molecular weight is 404 g/mol. The fourth-order valence-corrected chi connectivity index (χ4v) is 4.15. The van der Waals surface area contributed by atoms with E-state index in [1.54, 1.807) is 6.07 Å². The van der Waals surface area contributed by atoms with Crippen molar-refractivity contribution in [2.24, 2.45) is 0 Å². The van der Waals surface area contributed by atoms with Crippen molar-refractivity contribution in [1.82, 2.24) is 15.4 Å². The molecule has 2 aliphatic rings. The highest BCUT2D eigenvalue weighted by Crippen LogP contribution is 2.29. The number of aromatic nitrogens is 1. The van der Waals surface area contributed by atoms with Gasteiger partial charge in [0.25, 0.3) is 5.91 Å². The van der Waals surface area contributed by atoms with Gasteiger partial charge in [-0.25, -0.2) is 0 Å². The number of amides is 1. The van der Waals surface area contributed by atoms with E-state index in [1.165, 1.54) is 0 Å². The fourth-order valence-electron chi connectivity index (χ4n) is 3.95. The first kappa shape index (κ1) is 19.4. The summed E-state index contributed by atoms with van der Waals surface area (Å²) in [6.45, 7) is 4.15. The number of nitrogens with zero attached hydrogens (tertiary/aromatic N) is 2. The molecular weight excluding hydrogens is 378 g/mol. The molecule has 1 amide bonds. The third-order valence-electron chi connectivity index (χ3n) is 5.61. The van der Waals surface area contributed by atoms with Crippen molar-refractivity contribution in [2.75, 3.05) is 26.3 Å². The Morgan fingerprint density at radius 2 is 2.07 bits per heavy atom. The van der Waals surface area contributed by atoms with E-state index >= 15 is 0 Å². The molecule has 2 fully saturated rings. The van der Waals surface area contributed by atoms with E-state index in [0.717, 1.165) is 68.2 Å². The summed E-state index contributed by atoms with van der Waals surface area (Å²) in [6.07, 6.45) is 3.90. The number of carbonyl (C=O) groups excluding carboxylic acids is 1. The number of carbonyl (C=O) groups is 1. The van der Waals surface area contributed by atoms with Crippen molar-refractivity contribution in [3.8, 4) is 0 Å². The van der Waals surface area contributed by atoms with Crippen molar-refractivity contribution in [3.05, 3.63) is 52.4 Å². The molecule has 150 valence electrons. The Bertz CT molecular complexity index is 796. The predicted molar refractivity (Wildman–Crippen MR) is 107 cm³/mol.